The Morgan fingerprint density at radius 2 is 1.06 bits per heavy atom. The molecule has 7 aromatic carbocycles. The smallest absolute Gasteiger partial charge is 0.164 e. The molecular formula is C43H27N3O2. The van der Waals surface area contributed by atoms with Crippen molar-refractivity contribution in [2.45, 2.75) is 0 Å². The molecule has 226 valence electrons. The van der Waals surface area contributed by atoms with Crippen molar-refractivity contribution >= 4 is 32.7 Å². The van der Waals surface area contributed by atoms with E-state index in [0.717, 1.165) is 60.5 Å². The van der Waals surface area contributed by atoms with Crippen molar-refractivity contribution in [2.24, 2.45) is 0 Å². The van der Waals surface area contributed by atoms with Gasteiger partial charge in [-0.05, 0) is 57.8 Å². The number of hydrogen-bond acceptors (Lipinski definition) is 5. The van der Waals surface area contributed by atoms with Crippen LogP contribution in [-0.2, 0) is 0 Å². The first-order valence-corrected chi connectivity index (χ1v) is 15.8. The van der Waals surface area contributed by atoms with Crippen molar-refractivity contribution in [1.29, 1.82) is 0 Å². The lowest BCUT2D eigenvalue weighted by Crippen LogP contribution is -2.01. The number of phenolic OH excluding ortho intramolecular Hbond substituents is 1. The second-order valence-corrected chi connectivity index (χ2v) is 11.8. The number of phenols is 1. The van der Waals surface area contributed by atoms with Gasteiger partial charge in [0.15, 0.2) is 17.5 Å². The first kappa shape index (κ1) is 27.7. The summed E-state index contributed by atoms with van der Waals surface area (Å²) in [6.45, 7) is 0. The van der Waals surface area contributed by atoms with E-state index in [2.05, 4.69) is 42.5 Å². The van der Waals surface area contributed by atoms with Crippen LogP contribution in [0.1, 0.15) is 0 Å². The fourth-order valence-electron chi connectivity index (χ4n) is 6.55. The molecule has 0 aliphatic heterocycles. The molecule has 0 bridgehead atoms. The zero-order valence-corrected chi connectivity index (χ0v) is 25.7. The highest BCUT2D eigenvalue weighted by Crippen LogP contribution is 2.44. The van der Waals surface area contributed by atoms with E-state index in [1.807, 2.05) is 115 Å². The van der Waals surface area contributed by atoms with E-state index < -0.39 is 0 Å². The number of fused-ring (bicyclic) bond motifs is 4. The minimum atomic E-state index is 0.132. The quantitative estimate of drug-likeness (QED) is 0.208. The lowest BCUT2D eigenvalue weighted by Gasteiger charge is -2.16. The molecule has 0 fully saturated rings. The van der Waals surface area contributed by atoms with Crippen molar-refractivity contribution in [3.8, 4) is 62.2 Å². The molecule has 0 spiro atoms. The predicted octanol–water partition coefficient (Wildman–Crippen LogP) is 11.0. The number of rotatable bonds is 5. The molecule has 0 radical (unpaired) electrons. The monoisotopic (exact) mass is 617 g/mol. The van der Waals surface area contributed by atoms with Crippen LogP contribution in [0.3, 0.4) is 0 Å². The molecule has 0 aliphatic carbocycles. The molecule has 9 aromatic rings. The molecule has 0 aliphatic rings. The highest BCUT2D eigenvalue weighted by atomic mass is 16.3. The summed E-state index contributed by atoms with van der Waals surface area (Å²) in [5, 5.41) is 16.1. The molecule has 48 heavy (non-hydrogen) atoms. The Labute approximate surface area is 276 Å². The summed E-state index contributed by atoms with van der Waals surface area (Å²) in [4.78, 5) is 15.2. The average molecular weight is 618 g/mol. The number of aromatic nitrogens is 3. The zero-order valence-electron chi connectivity index (χ0n) is 25.7. The van der Waals surface area contributed by atoms with Gasteiger partial charge in [-0.3, -0.25) is 0 Å². The summed E-state index contributed by atoms with van der Waals surface area (Å²) in [6.07, 6.45) is 0. The second-order valence-electron chi connectivity index (χ2n) is 11.8. The van der Waals surface area contributed by atoms with E-state index in [4.69, 9.17) is 19.4 Å². The topological polar surface area (TPSA) is 72.0 Å². The minimum absolute atomic E-state index is 0.132. The molecule has 0 unspecified atom stereocenters. The number of aromatic hydroxyl groups is 1. The molecule has 0 saturated carbocycles. The van der Waals surface area contributed by atoms with E-state index in [1.54, 1.807) is 0 Å². The van der Waals surface area contributed by atoms with Crippen LogP contribution in [0.4, 0.5) is 0 Å². The third-order valence-electron chi connectivity index (χ3n) is 8.81. The van der Waals surface area contributed by atoms with E-state index in [0.29, 0.717) is 28.6 Å². The molecule has 5 nitrogen and oxygen atoms in total. The normalized spacial score (nSPS) is 11.4. The van der Waals surface area contributed by atoms with Gasteiger partial charge in [0.25, 0.3) is 0 Å². The van der Waals surface area contributed by atoms with Gasteiger partial charge in [-0.1, -0.05) is 127 Å². The molecule has 5 heteroatoms. The Kier molecular flexibility index (Phi) is 6.54. The third-order valence-corrected chi connectivity index (χ3v) is 8.81. The summed E-state index contributed by atoms with van der Waals surface area (Å²) < 4.78 is 6.22. The maximum Gasteiger partial charge on any atom is 0.164 e. The number of benzene rings is 7. The van der Waals surface area contributed by atoms with Crippen LogP contribution >= 0.6 is 0 Å². The molecule has 0 saturated heterocycles. The molecule has 0 amide bonds. The standard InChI is InChI=1S/C43H27N3O2/c47-36-26-32(33-19-11-21-38-40(33)34-18-9-10-20-37(34)48-38)25-35(39(36)28-13-3-1-4-14-28)43-45-41(29-15-5-2-6-16-29)44-42(46-43)31-23-22-27-12-7-8-17-30(27)24-31/h1-26,47H. The number of para-hydroxylation sites is 1. The van der Waals surface area contributed by atoms with Crippen molar-refractivity contribution < 1.29 is 9.52 Å². The second kappa shape index (κ2) is 11.3. The van der Waals surface area contributed by atoms with Gasteiger partial charge >= 0.3 is 0 Å². The van der Waals surface area contributed by atoms with Crippen LogP contribution in [0.15, 0.2) is 162 Å². The highest BCUT2D eigenvalue weighted by molar-refractivity contribution is 6.13. The van der Waals surface area contributed by atoms with Crippen LogP contribution in [0.5, 0.6) is 5.75 Å². The average Bonchev–Trinajstić information content (AvgIpc) is 3.54. The Hall–Kier alpha value is -6.59. The summed E-state index contributed by atoms with van der Waals surface area (Å²) in [5.41, 5.74) is 7.33. The van der Waals surface area contributed by atoms with Crippen molar-refractivity contribution in [2.75, 3.05) is 0 Å². The third kappa shape index (κ3) is 4.77. The van der Waals surface area contributed by atoms with Gasteiger partial charge in [0.2, 0.25) is 0 Å². The SMILES string of the molecule is Oc1cc(-c2cccc3oc4ccccc4c23)cc(-c2nc(-c3ccccc3)nc(-c3ccc4ccccc4c3)n2)c1-c1ccccc1. The lowest BCUT2D eigenvalue weighted by molar-refractivity contribution is 0.478. The summed E-state index contributed by atoms with van der Waals surface area (Å²) in [7, 11) is 0. The lowest BCUT2D eigenvalue weighted by atomic mass is 9.91. The highest BCUT2D eigenvalue weighted by Gasteiger charge is 2.21. The molecule has 2 aromatic heterocycles. The largest absolute Gasteiger partial charge is 0.507 e. The van der Waals surface area contributed by atoms with Gasteiger partial charge in [0.05, 0.1) is 0 Å². The number of hydrogen-bond donors (Lipinski definition) is 1. The maximum absolute atomic E-state index is 11.9. The Morgan fingerprint density at radius 3 is 1.88 bits per heavy atom. The molecule has 1 N–H and O–H groups in total. The molecule has 0 atom stereocenters. The van der Waals surface area contributed by atoms with Crippen molar-refractivity contribution in [1.82, 2.24) is 15.0 Å². The van der Waals surface area contributed by atoms with Gasteiger partial charge in [-0.2, -0.15) is 0 Å². The van der Waals surface area contributed by atoms with Crippen LogP contribution in [0.25, 0.3) is 89.1 Å². The van der Waals surface area contributed by atoms with Crippen LogP contribution < -0.4 is 0 Å². The number of nitrogens with zero attached hydrogens (tertiary/aromatic N) is 3. The zero-order chi connectivity index (χ0) is 32.0. The molecule has 9 rings (SSSR count). The Bertz CT molecular complexity index is 2630. The van der Waals surface area contributed by atoms with Gasteiger partial charge in [0.1, 0.15) is 16.9 Å². The van der Waals surface area contributed by atoms with Gasteiger partial charge < -0.3 is 9.52 Å². The Balaban J connectivity index is 1.33. The number of furan rings is 1. The van der Waals surface area contributed by atoms with Gasteiger partial charge in [-0.15, -0.1) is 0 Å². The van der Waals surface area contributed by atoms with E-state index in [1.165, 1.54) is 0 Å². The van der Waals surface area contributed by atoms with Crippen molar-refractivity contribution in [3.05, 3.63) is 158 Å². The van der Waals surface area contributed by atoms with Gasteiger partial charge in [-0.25, -0.2) is 15.0 Å². The summed E-state index contributed by atoms with van der Waals surface area (Å²) >= 11 is 0. The summed E-state index contributed by atoms with van der Waals surface area (Å²) in [6, 6.07) is 52.3. The van der Waals surface area contributed by atoms with Gasteiger partial charge in [0, 0.05) is 33.0 Å². The molecule has 2 heterocycles. The summed E-state index contributed by atoms with van der Waals surface area (Å²) in [5.74, 6) is 1.70. The van der Waals surface area contributed by atoms with Crippen LogP contribution in [0.2, 0.25) is 0 Å². The van der Waals surface area contributed by atoms with E-state index >= 15 is 0 Å². The first-order chi connectivity index (χ1) is 23.7. The van der Waals surface area contributed by atoms with E-state index in [9.17, 15) is 5.11 Å². The van der Waals surface area contributed by atoms with Crippen LogP contribution in [-0.4, -0.2) is 20.1 Å². The Morgan fingerprint density at radius 1 is 0.417 bits per heavy atom. The fourth-order valence-corrected chi connectivity index (χ4v) is 6.55. The fraction of sp³-hybridized carbons (Fsp3) is 0. The van der Waals surface area contributed by atoms with E-state index in [-0.39, 0.29) is 5.75 Å². The minimum Gasteiger partial charge on any atom is -0.507 e. The molecular weight excluding hydrogens is 590 g/mol. The maximum atomic E-state index is 11.9. The van der Waals surface area contributed by atoms with Crippen LogP contribution in [0, 0.1) is 0 Å². The van der Waals surface area contributed by atoms with Crippen molar-refractivity contribution in [3.63, 3.8) is 0 Å². The predicted molar refractivity (Wildman–Crippen MR) is 193 cm³/mol. The first-order valence-electron chi connectivity index (χ1n) is 15.8.